The van der Waals surface area contributed by atoms with Gasteiger partial charge in [-0.3, -0.25) is 4.79 Å². The molecule has 0 spiro atoms. The Morgan fingerprint density at radius 3 is 2.41 bits per heavy atom. The van der Waals surface area contributed by atoms with E-state index in [4.69, 9.17) is 4.74 Å². The van der Waals surface area contributed by atoms with Crippen LogP contribution < -0.4 is 10.1 Å². The van der Waals surface area contributed by atoms with E-state index in [-0.39, 0.29) is 11.2 Å². The van der Waals surface area contributed by atoms with Gasteiger partial charge in [-0.05, 0) is 56.7 Å². The molecule has 4 heteroatoms. The molecule has 0 aliphatic carbocycles. The van der Waals surface area contributed by atoms with E-state index in [9.17, 15) is 4.79 Å². The molecule has 1 amide bonds. The fourth-order valence-electron chi connectivity index (χ4n) is 2.09. The van der Waals surface area contributed by atoms with Crippen molar-refractivity contribution in [2.45, 2.75) is 30.9 Å². The van der Waals surface area contributed by atoms with Gasteiger partial charge in [0, 0.05) is 10.6 Å². The zero-order chi connectivity index (χ0) is 16.1. The maximum atomic E-state index is 12.3. The minimum Gasteiger partial charge on any atom is -0.497 e. The lowest BCUT2D eigenvalue weighted by molar-refractivity contribution is -0.115. The molecule has 0 aliphatic rings. The molecule has 0 heterocycles. The summed E-state index contributed by atoms with van der Waals surface area (Å²) in [5.74, 6) is 0.769. The number of amides is 1. The predicted molar refractivity (Wildman–Crippen MR) is 92.9 cm³/mol. The molecule has 0 radical (unpaired) electrons. The maximum absolute atomic E-state index is 12.3. The Morgan fingerprint density at radius 2 is 1.82 bits per heavy atom. The molecule has 3 nitrogen and oxygen atoms in total. The van der Waals surface area contributed by atoms with Crippen molar-refractivity contribution in [3.63, 3.8) is 0 Å². The highest BCUT2D eigenvalue weighted by molar-refractivity contribution is 8.00. The number of aryl methyl sites for hydroxylation is 2. The highest BCUT2D eigenvalue weighted by Crippen LogP contribution is 2.28. The van der Waals surface area contributed by atoms with Gasteiger partial charge in [0.2, 0.25) is 5.91 Å². The molecular weight excluding hydrogens is 294 g/mol. The van der Waals surface area contributed by atoms with Crippen LogP contribution in [-0.2, 0) is 4.79 Å². The summed E-state index contributed by atoms with van der Waals surface area (Å²) in [4.78, 5) is 13.4. The van der Waals surface area contributed by atoms with Crippen molar-refractivity contribution in [2.24, 2.45) is 0 Å². The second-order valence-electron chi connectivity index (χ2n) is 5.25. The summed E-state index contributed by atoms with van der Waals surface area (Å²) in [6.07, 6.45) is 0. The number of hydrogen-bond acceptors (Lipinski definition) is 3. The van der Waals surface area contributed by atoms with Crippen LogP contribution in [0.3, 0.4) is 0 Å². The van der Waals surface area contributed by atoms with Gasteiger partial charge in [-0.15, -0.1) is 11.8 Å². The predicted octanol–water partition coefficient (Wildman–Crippen LogP) is 4.43. The number of benzene rings is 2. The standard InChI is InChI=1S/C18H21NO2S/c1-12-5-10-17(13(2)11-12)22-14(3)18(20)19-15-6-8-16(21-4)9-7-15/h5-11,14H,1-4H3,(H,19,20)/t14-/m1/s1. The Hall–Kier alpha value is -1.94. The smallest absolute Gasteiger partial charge is 0.237 e. The molecule has 1 atom stereocenters. The van der Waals surface area contributed by atoms with Crippen LogP contribution in [0, 0.1) is 13.8 Å². The third-order valence-corrected chi connectivity index (χ3v) is 4.64. The van der Waals surface area contributed by atoms with E-state index in [1.54, 1.807) is 18.9 Å². The van der Waals surface area contributed by atoms with Crippen LogP contribution in [-0.4, -0.2) is 18.3 Å². The van der Waals surface area contributed by atoms with E-state index >= 15 is 0 Å². The lowest BCUT2D eigenvalue weighted by atomic mass is 10.2. The number of rotatable bonds is 5. The van der Waals surface area contributed by atoms with Gasteiger partial charge in [-0.1, -0.05) is 17.7 Å². The average molecular weight is 315 g/mol. The summed E-state index contributed by atoms with van der Waals surface area (Å²) in [5, 5.41) is 2.77. The summed E-state index contributed by atoms with van der Waals surface area (Å²) < 4.78 is 5.11. The number of carbonyl (C=O) groups excluding carboxylic acids is 1. The molecule has 0 aromatic heterocycles. The molecule has 2 rings (SSSR count). The number of thioether (sulfide) groups is 1. The quantitative estimate of drug-likeness (QED) is 0.829. The Bertz CT molecular complexity index is 653. The third kappa shape index (κ3) is 4.28. The first-order valence-electron chi connectivity index (χ1n) is 7.18. The number of carbonyl (C=O) groups is 1. The summed E-state index contributed by atoms with van der Waals surface area (Å²) >= 11 is 1.58. The maximum Gasteiger partial charge on any atom is 0.237 e. The number of ether oxygens (including phenoxy) is 1. The van der Waals surface area contributed by atoms with Gasteiger partial charge in [0.25, 0.3) is 0 Å². The van der Waals surface area contributed by atoms with E-state index in [2.05, 4.69) is 37.4 Å². The molecule has 2 aromatic carbocycles. The minimum atomic E-state index is -0.163. The van der Waals surface area contributed by atoms with Crippen LogP contribution in [0.1, 0.15) is 18.1 Å². The van der Waals surface area contributed by atoms with E-state index < -0.39 is 0 Å². The Labute approximate surface area is 136 Å². The van der Waals surface area contributed by atoms with Crippen molar-refractivity contribution in [3.8, 4) is 5.75 Å². The molecule has 0 bridgehead atoms. The van der Waals surface area contributed by atoms with Gasteiger partial charge in [0.1, 0.15) is 5.75 Å². The van der Waals surface area contributed by atoms with Crippen molar-refractivity contribution < 1.29 is 9.53 Å². The molecule has 0 aliphatic heterocycles. The van der Waals surface area contributed by atoms with Crippen LogP contribution >= 0.6 is 11.8 Å². The number of hydrogen-bond donors (Lipinski definition) is 1. The first kappa shape index (κ1) is 16.4. The highest BCUT2D eigenvalue weighted by atomic mass is 32.2. The van der Waals surface area contributed by atoms with Gasteiger partial charge >= 0.3 is 0 Å². The van der Waals surface area contributed by atoms with Gasteiger partial charge in [0.15, 0.2) is 0 Å². The molecule has 22 heavy (non-hydrogen) atoms. The average Bonchev–Trinajstić information content (AvgIpc) is 2.50. The summed E-state index contributed by atoms with van der Waals surface area (Å²) in [5.41, 5.74) is 3.21. The molecule has 116 valence electrons. The topological polar surface area (TPSA) is 38.3 Å². The Morgan fingerprint density at radius 1 is 1.14 bits per heavy atom. The van der Waals surface area contributed by atoms with Crippen molar-refractivity contribution in [2.75, 3.05) is 12.4 Å². The summed E-state index contributed by atoms with van der Waals surface area (Å²) in [7, 11) is 1.62. The van der Waals surface area contributed by atoms with Crippen LogP contribution in [0.15, 0.2) is 47.4 Å². The SMILES string of the molecule is COc1ccc(NC(=O)[C@@H](C)Sc2ccc(C)cc2C)cc1. The van der Waals surface area contributed by atoms with E-state index in [0.29, 0.717) is 0 Å². The molecule has 1 N–H and O–H groups in total. The van der Waals surface area contributed by atoms with Crippen molar-refractivity contribution in [3.05, 3.63) is 53.6 Å². The minimum absolute atomic E-state index is 0.00450. The molecular formula is C18H21NO2S. The fraction of sp³-hybridized carbons (Fsp3) is 0.278. The molecule has 0 fully saturated rings. The highest BCUT2D eigenvalue weighted by Gasteiger charge is 2.15. The Balaban J connectivity index is 1.99. The largest absolute Gasteiger partial charge is 0.497 e. The number of nitrogens with one attached hydrogen (secondary N) is 1. The lowest BCUT2D eigenvalue weighted by Gasteiger charge is -2.14. The lowest BCUT2D eigenvalue weighted by Crippen LogP contribution is -2.22. The zero-order valence-corrected chi connectivity index (χ0v) is 14.2. The van der Waals surface area contributed by atoms with Crippen molar-refractivity contribution >= 4 is 23.4 Å². The van der Waals surface area contributed by atoms with Crippen LogP contribution in [0.2, 0.25) is 0 Å². The molecule has 0 saturated carbocycles. The van der Waals surface area contributed by atoms with E-state index in [0.717, 1.165) is 16.3 Å². The van der Waals surface area contributed by atoms with Crippen molar-refractivity contribution in [1.82, 2.24) is 0 Å². The van der Waals surface area contributed by atoms with Crippen LogP contribution in [0.25, 0.3) is 0 Å². The monoisotopic (exact) mass is 315 g/mol. The second kappa shape index (κ2) is 7.36. The van der Waals surface area contributed by atoms with Gasteiger partial charge in [0.05, 0.1) is 12.4 Å². The Kier molecular flexibility index (Phi) is 5.50. The summed E-state index contributed by atoms with van der Waals surface area (Å²) in [6.45, 7) is 6.06. The third-order valence-electron chi connectivity index (χ3n) is 3.36. The second-order valence-corrected chi connectivity index (χ2v) is 6.63. The van der Waals surface area contributed by atoms with Crippen molar-refractivity contribution in [1.29, 1.82) is 0 Å². The first-order valence-corrected chi connectivity index (χ1v) is 8.06. The van der Waals surface area contributed by atoms with Crippen LogP contribution in [0.4, 0.5) is 5.69 Å². The normalized spacial score (nSPS) is 11.8. The number of methoxy groups -OCH3 is 1. The van der Waals surface area contributed by atoms with Crippen LogP contribution in [0.5, 0.6) is 5.75 Å². The summed E-state index contributed by atoms with van der Waals surface area (Å²) in [6, 6.07) is 13.6. The van der Waals surface area contributed by atoms with E-state index in [1.165, 1.54) is 11.1 Å². The zero-order valence-electron chi connectivity index (χ0n) is 13.3. The van der Waals surface area contributed by atoms with Gasteiger partial charge in [-0.2, -0.15) is 0 Å². The van der Waals surface area contributed by atoms with Gasteiger partial charge < -0.3 is 10.1 Å². The van der Waals surface area contributed by atoms with Gasteiger partial charge in [-0.25, -0.2) is 0 Å². The van der Waals surface area contributed by atoms with E-state index in [1.807, 2.05) is 31.2 Å². The number of anilines is 1. The fourth-order valence-corrected chi connectivity index (χ4v) is 3.03. The molecule has 0 unspecified atom stereocenters. The first-order chi connectivity index (χ1) is 10.5. The molecule has 0 saturated heterocycles. The molecule has 2 aromatic rings.